The molecule has 22 heavy (non-hydrogen) atoms. The van der Waals surface area contributed by atoms with Gasteiger partial charge in [0.2, 0.25) is 5.95 Å². The lowest BCUT2D eigenvalue weighted by atomic mass is 10.1. The Balaban J connectivity index is 1.67. The lowest BCUT2D eigenvalue weighted by molar-refractivity contribution is -0.145. The normalized spacial score (nSPS) is 30.3. The molecule has 3 aliphatic heterocycles. The van der Waals surface area contributed by atoms with E-state index in [9.17, 15) is 18.0 Å². The minimum Gasteiger partial charge on any atom is -0.374 e. The topological polar surface area (TPSA) is 59.4 Å². The van der Waals surface area contributed by atoms with Gasteiger partial charge in [0.05, 0.1) is 18.8 Å². The molecule has 0 radical (unpaired) electrons. The zero-order chi connectivity index (χ0) is 15.5. The first kappa shape index (κ1) is 13.9. The van der Waals surface area contributed by atoms with Gasteiger partial charge in [0.1, 0.15) is 11.9 Å². The van der Waals surface area contributed by atoms with Crippen molar-refractivity contribution < 1.29 is 17.9 Å². The van der Waals surface area contributed by atoms with Crippen LogP contribution < -0.4 is 15.8 Å². The average Bonchev–Trinajstić information content (AvgIpc) is 3.08. The van der Waals surface area contributed by atoms with Crippen LogP contribution in [0, 0.1) is 0 Å². The standard InChI is InChI=1S/C13H15F3N4O2/c14-13(15,16)9-1-2-19-11(21)4-10(18-12(19)17-9)20-5-8-3-7(20)6-22-8/h4,7-9H,1-3,5-6H2,(H,17,18)/t7-,8+,9+/m1/s1. The van der Waals surface area contributed by atoms with Crippen molar-refractivity contribution in [2.24, 2.45) is 0 Å². The second-order valence-electron chi connectivity index (χ2n) is 5.95. The van der Waals surface area contributed by atoms with E-state index in [1.54, 1.807) is 0 Å². The van der Waals surface area contributed by atoms with Gasteiger partial charge < -0.3 is 15.0 Å². The minimum absolute atomic E-state index is 0.000216. The first-order valence-electron chi connectivity index (χ1n) is 7.25. The fraction of sp³-hybridized carbons (Fsp3) is 0.692. The number of alkyl halides is 3. The molecule has 1 aromatic rings. The van der Waals surface area contributed by atoms with Gasteiger partial charge in [-0.15, -0.1) is 0 Å². The van der Waals surface area contributed by atoms with Crippen LogP contribution in [0.25, 0.3) is 0 Å². The van der Waals surface area contributed by atoms with Gasteiger partial charge in [-0.25, -0.2) is 0 Å². The molecule has 2 fully saturated rings. The number of halogens is 3. The van der Waals surface area contributed by atoms with Gasteiger partial charge in [-0.05, 0) is 12.8 Å². The summed E-state index contributed by atoms with van der Waals surface area (Å²) in [4.78, 5) is 18.4. The molecule has 2 bridgehead atoms. The van der Waals surface area contributed by atoms with E-state index in [4.69, 9.17) is 4.74 Å². The zero-order valence-corrected chi connectivity index (χ0v) is 11.6. The molecule has 1 aromatic heterocycles. The summed E-state index contributed by atoms with van der Waals surface area (Å²) in [6.07, 6.45) is -3.51. The van der Waals surface area contributed by atoms with Gasteiger partial charge in [0.15, 0.2) is 0 Å². The van der Waals surface area contributed by atoms with E-state index in [-0.39, 0.29) is 36.6 Å². The highest BCUT2D eigenvalue weighted by molar-refractivity contribution is 5.47. The Hall–Kier alpha value is -1.77. The SMILES string of the molecule is O=c1cc(N2C[C@@H]3C[C@@H]2CO3)nc2n1CC[C@@H](C(F)(F)F)N2. The van der Waals surface area contributed by atoms with Crippen LogP contribution >= 0.6 is 0 Å². The summed E-state index contributed by atoms with van der Waals surface area (Å²) in [5.74, 6) is 0.433. The van der Waals surface area contributed by atoms with Gasteiger partial charge in [-0.2, -0.15) is 18.2 Å². The van der Waals surface area contributed by atoms with Crippen LogP contribution in [0.2, 0.25) is 0 Å². The van der Waals surface area contributed by atoms with Crippen molar-refractivity contribution >= 4 is 11.8 Å². The number of fused-ring (bicyclic) bond motifs is 3. The summed E-state index contributed by atoms with van der Waals surface area (Å²) >= 11 is 0. The summed E-state index contributed by atoms with van der Waals surface area (Å²) in [5, 5.41) is 2.35. The summed E-state index contributed by atoms with van der Waals surface area (Å²) in [6, 6.07) is -0.102. The van der Waals surface area contributed by atoms with E-state index < -0.39 is 12.2 Å². The van der Waals surface area contributed by atoms with Crippen LogP contribution in [0.4, 0.5) is 24.9 Å². The molecule has 9 heteroatoms. The molecule has 0 amide bonds. The van der Waals surface area contributed by atoms with Gasteiger partial charge in [0.25, 0.3) is 5.56 Å². The van der Waals surface area contributed by atoms with Gasteiger partial charge in [0, 0.05) is 19.2 Å². The molecular formula is C13H15F3N4O2. The van der Waals surface area contributed by atoms with Gasteiger partial charge in [-0.1, -0.05) is 0 Å². The Morgan fingerprint density at radius 3 is 2.86 bits per heavy atom. The molecule has 6 nitrogen and oxygen atoms in total. The van der Waals surface area contributed by atoms with Crippen LogP contribution in [0.15, 0.2) is 10.9 Å². The van der Waals surface area contributed by atoms with Crippen molar-refractivity contribution in [3.63, 3.8) is 0 Å². The maximum atomic E-state index is 12.9. The lowest BCUT2D eigenvalue weighted by Gasteiger charge is -2.31. The number of aromatic nitrogens is 2. The molecule has 4 heterocycles. The molecule has 0 spiro atoms. The van der Waals surface area contributed by atoms with Crippen molar-refractivity contribution in [1.29, 1.82) is 0 Å². The van der Waals surface area contributed by atoms with Crippen molar-refractivity contribution in [3.05, 3.63) is 16.4 Å². The first-order chi connectivity index (χ1) is 10.4. The van der Waals surface area contributed by atoms with E-state index in [0.717, 1.165) is 6.42 Å². The van der Waals surface area contributed by atoms with Crippen molar-refractivity contribution in [2.75, 3.05) is 23.4 Å². The Kier molecular flexibility index (Phi) is 2.91. The first-order valence-corrected chi connectivity index (χ1v) is 7.25. The number of rotatable bonds is 1. The second kappa shape index (κ2) is 4.61. The molecule has 0 aliphatic carbocycles. The number of nitrogens with zero attached hydrogens (tertiary/aromatic N) is 3. The third-order valence-corrected chi connectivity index (χ3v) is 4.53. The Morgan fingerprint density at radius 1 is 1.41 bits per heavy atom. The third-order valence-electron chi connectivity index (χ3n) is 4.53. The fourth-order valence-corrected chi connectivity index (χ4v) is 3.38. The van der Waals surface area contributed by atoms with E-state index in [1.165, 1.54) is 10.6 Å². The smallest absolute Gasteiger partial charge is 0.374 e. The van der Waals surface area contributed by atoms with E-state index >= 15 is 0 Å². The van der Waals surface area contributed by atoms with E-state index in [0.29, 0.717) is 19.0 Å². The highest BCUT2D eigenvalue weighted by Gasteiger charge is 2.43. The predicted molar refractivity (Wildman–Crippen MR) is 72.1 cm³/mol. The van der Waals surface area contributed by atoms with Crippen LogP contribution in [-0.4, -0.2) is 47.1 Å². The van der Waals surface area contributed by atoms with E-state index in [2.05, 4.69) is 10.3 Å². The monoisotopic (exact) mass is 316 g/mol. The largest absolute Gasteiger partial charge is 0.408 e. The molecule has 4 rings (SSSR count). The highest BCUT2D eigenvalue weighted by atomic mass is 19.4. The van der Waals surface area contributed by atoms with Gasteiger partial charge in [-0.3, -0.25) is 9.36 Å². The molecule has 1 N–H and O–H groups in total. The minimum atomic E-state index is -4.35. The van der Waals surface area contributed by atoms with Crippen molar-refractivity contribution in [3.8, 4) is 0 Å². The van der Waals surface area contributed by atoms with Crippen LogP contribution in [-0.2, 0) is 11.3 Å². The summed E-state index contributed by atoms with van der Waals surface area (Å²) in [7, 11) is 0. The number of nitrogens with one attached hydrogen (secondary N) is 1. The number of hydrogen-bond donors (Lipinski definition) is 1. The van der Waals surface area contributed by atoms with Crippen molar-refractivity contribution in [1.82, 2.24) is 9.55 Å². The maximum absolute atomic E-state index is 12.9. The Bertz CT molecular complexity index is 660. The van der Waals surface area contributed by atoms with E-state index in [1.807, 2.05) is 4.90 Å². The Labute approximate surface area is 123 Å². The quantitative estimate of drug-likeness (QED) is 0.836. The summed E-state index contributed by atoms with van der Waals surface area (Å²) in [5.41, 5.74) is -0.322. The molecule has 0 unspecified atom stereocenters. The molecule has 0 saturated carbocycles. The second-order valence-corrected chi connectivity index (χ2v) is 5.95. The molecule has 3 atom stereocenters. The van der Waals surface area contributed by atoms with Crippen LogP contribution in [0.5, 0.6) is 0 Å². The third kappa shape index (κ3) is 2.15. The number of hydrogen-bond acceptors (Lipinski definition) is 5. The zero-order valence-electron chi connectivity index (χ0n) is 11.6. The lowest BCUT2D eigenvalue weighted by Crippen LogP contribution is -2.45. The van der Waals surface area contributed by atoms with Crippen molar-refractivity contribution in [2.45, 2.75) is 43.8 Å². The fourth-order valence-electron chi connectivity index (χ4n) is 3.38. The number of anilines is 2. The maximum Gasteiger partial charge on any atom is 0.408 e. The summed E-state index contributed by atoms with van der Waals surface area (Å²) < 4.78 is 45.3. The molecule has 120 valence electrons. The highest BCUT2D eigenvalue weighted by Crippen LogP contribution is 2.33. The molecular weight excluding hydrogens is 301 g/mol. The number of morpholine rings is 1. The molecule has 2 saturated heterocycles. The Morgan fingerprint density at radius 2 is 2.23 bits per heavy atom. The molecule has 0 aromatic carbocycles. The van der Waals surface area contributed by atoms with Crippen LogP contribution in [0.1, 0.15) is 12.8 Å². The van der Waals surface area contributed by atoms with Gasteiger partial charge >= 0.3 is 6.18 Å². The molecule has 3 aliphatic rings. The predicted octanol–water partition coefficient (Wildman–Crippen LogP) is 0.967. The number of ether oxygens (including phenoxy) is 1. The van der Waals surface area contributed by atoms with Crippen LogP contribution in [0.3, 0.4) is 0 Å². The summed E-state index contributed by atoms with van der Waals surface area (Å²) in [6.45, 7) is 1.22. The average molecular weight is 316 g/mol.